The van der Waals surface area contributed by atoms with Gasteiger partial charge in [-0.2, -0.15) is 0 Å². The van der Waals surface area contributed by atoms with Gasteiger partial charge in [-0.1, -0.05) is 23.5 Å². The van der Waals surface area contributed by atoms with E-state index < -0.39 is 0 Å². The molecule has 2 aromatic rings. The number of hydrogen-bond acceptors (Lipinski definition) is 5. The molecule has 3 N–H and O–H groups in total. The number of nitrogens with one attached hydrogen (secondary N) is 1. The number of hydrogen-bond donors (Lipinski definition) is 2. The second-order valence-corrected chi connectivity index (χ2v) is 5.13. The Labute approximate surface area is 121 Å². The fraction of sp³-hybridized carbons (Fsp3) is 0.250. The van der Waals surface area contributed by atoms with Crippen LogP contribution in [0.2, 0.25) is 0 Å². The standard InChI is InChI=1S/C12H15N5S2/c1-19-10-4-2-3-9(11(10)12(13)18)14-5-7-17-8-6-15-16-17/h2-4,6,8,14H,5,7H2,1H3,(H2,13,18). The van der Waals surface area contributed by atoms with E-state index in [1.54, 1.807) is 22.6 Å². The Morgan fingerprint density at radius 2 is 2.37 bits per heavy atom. The van der Waals surface area contributed by atoms with Crippen LogP contribution in [-0.4, -0.2) is 32.8 Å². The van der Waals surface area contributed by atoms with Crippen LogP contribution in [0.25, 0.3) is 0 Å². The summed E-state index contributed by atoms with van der Waals surface area (Å²) in [6.45, 7) is 1.47. The van der Waals surface area contributed by atoms with Gasteiger partial charge in [0.1, 0.15) is 4.99 Å². The third-order valence-electron chi connectivity index (χ3n) is 2.62. The second kappa shape index (κ2) is 6.53. The molecular weight excluding hydrogens is 278 g/mol. The van der Waals surface area contributed by atoms with E-state index in [-0.39, 0.29) is 0 Å². The number of rotatable bonds is 6. The Morgan fingerprint density at radius 3 is 3.00 bits per heavy atom. The molecule has 0 unspecified atom stereocenters. The lowest BCUT2D eigenvalue weighted by Crippen LogP contribution is -2.17. The summed E-state index contributed by atoms with van der Waals surface area (Å²) in [5.41, 5.74) is 7.67. The monoisotopic (exact) mass is 293 g/mol. The molecule has 0 saturated carbocycles. The lowest BCUT2D eigenvalue weighted by molar-refractivity contribution is 0.609. The zero-order chi connectivity index (χ0) is 13.7. The molecule has 0 atom stereocenters. The predicted octanol–water partition coefficient (Wildman–Crippen LogP) is 1.75. The number of thiocarbonyl (C=S) groups is 1. The molecule has 7 heteroatoms. The van der Waals surface area contributed by atoms with Crippen molar-refractivity contribution in [2.45, 2.75) is 11.4 Å². The first-order valence-corrected chi connectivity index (χ1v) is 7.40. The first kappa shape index (κ1) is 13.8. The number of benzene rings is 1. The van der Waals surface area contributed by atoms with Crippen molar-refractivity contribution in [2.75, 3.05) is 18.1 Å². The van der Waals surface area contributed by atoms with Crippen LogP contribution in [0.5, 0.6) is 0 Å². The van der Waals surface area contributed by atoms with Crippen LogP contribution in [0.4, 0.5) is 5.69 Å². The molecule has 0 spiro atoms. The van der Waals surface area contributed by atoms with Gasteiger partial charge in [0, 0.05) is 28.9 Å². The highest BCUT2D eigenvalue weighted by atomic mass is 32.2. The quantitative estimate of drug-likeness (QED) is 0.624. The van der Waals surface area contributed by atoms with E-state index in [2.05, 4.69) is 15.6 Å². The maximum atomic E-state index is 5.81. The highest BCUT2D eigenvalue weighted by Gasteiger charge is 2.10. The van der Waals surface area contributed by atoms with Crippen molar-refractivity contribution < 1.29 is 0 Å². The normalized spacial score (nSPS) is 10.4. The Kier molecular flexibility index (Phi) is 4.75. The van der Waals surface area contributed by atoms with Crippen molar-refractivity contribution in [1.82, 2.24) is 15.0 Å². The topological polar surface area (TPSA) is 68.8 Å². The van der Waals surface area contributed by atoms with Crippen molar-refractivity contribution in [3.63, 3.8) is 0 Å². The molecule has 2 rings (SSSR count). The minimum atomic E-state index is 0.410. The van der Waals surface area contributed by atoms with Gasteiger partial charge in [0.25, 0.3) is 0 Å². The molecule has 0 bridgehead atoms. The number of aromatic nitrogens is 3. The molecule has 0 aliphatic rings. The molecule has 0 aliphatic heterocycles. The smallest absolute Gasteiger partial charge is 0.107 e. The lowest BCUT2D eigenvalue weighted by atomic mass is 10.1. The van der Waals surface area contributed by atoms with Gasteiger partial charge in [-0.15, -0.1) is 16.9 Å². The van der Waals surface area contributed by atoms with E-state index in [0.29, 0.717) is 4.99 Å². The van der Waals surface area contributed by atoms with E-state index in [1.165, 1.54) is 0 Å². The fourth-order valence-electron chi connectivity index (χ4n) is 1.76. The summed E-state index contributed by atoms with van der Waals surface area (Å²) < 4.78 is 1.77. The van der Waals surface area contributed by atoms with Gasteiger partial charge in [0.05, 0.1) is 12.7 Å². The van der Waals surface area contributed by atoms with Crippen molar-refractivity contribution in [3.8, 4) is 0 Å². The van der Waals surface area contributed by atoms with Crippen LogP contribution in [-0.2, 0) is 6.54 Å². The Bertz CT molecular complexity index is 553. The number of anilines is 1. The number of nitrogens with two attached hydrogens (primary N) is 1. The van der Waals surface area contributed by atoms with Crippen LogP contribution in [0.15, 0.2) is 35.5 Å². The molecule has 0 saturated heterocycles. The summed E-state index contributed by atoms with van der Waals surface area (Å²) in [7, 11) is 0. The zero-order valence-electron chi connectivity index (χ0n) is 10.5. The Morgan fingerprint density at radius 1 is 1.53 bits per heavy atom. The summed E-state index contributed by atoms with van der Waals surface area (Å²) in [6.07, 6.45) is 5.50. The van der Waals surface area contributed by atoms with Crippen LogP contribution in [0.1, 0.15) is 5.56 Å². The highest BCUT2D eigenvalue weighted by molar-refractivity contribution is 7.98. The molecule has 1 heterocycles. The summed E-state index contributed by atoms with van der Waals surface area (Å²) >= 11 is 6.76. The van der Waals surface area contributed by atoms with E-state index in [4.69, 9.17) is 18.0 Å². The minimum Gasteiger partial charge on any atom is -0.389 e. The van der Waals surface area contributed by atoms with Gasteiger partial charge in [0.2, 0.25) is 0 Å². The molecule has 100 valence electrons. The second-order valence-electron chi connectivity index (χ2n) is 3.84. The largest absolute Gasteiger partial charge is 0.389 e. The van der Waals surface area contributed by atoms with Crippen LogP contribution in [0, 0.1) is 0 Å². The first-order valence-electron chi connectivity index (χ1n) is 5.77. The Balaban J connectivity index is 2.09. The minimum absolute atomic E-state index is 0.410. The van der Waals surface area contributed by atoms with E-state index >= 15 is 0 Å². The lowest BCUT2D eigenvalue weighted by Gasteiger charge is -2.14. The molecule has 1 aromatic carbocycles. The average molecular weight is 293 g/mol. The van der Waals surface area contributed by atoms with E-state index in [1.807, 2.05) is 30.7 Å². The van der Waals surface area contributed by atoms with Crippen LogP contribution < -0.4 is 11.1 Å². The molecule has 5 nitrogen and oxygen atoms in total. The van der Waals surface area contributed by atoms with E-state index in [9.17, 15) is 0 Å². The van der Waals surface area contributed by atoms with E-state index in [0.717, 1.165) is 29.2 Å². The summed E-state index contributed by atoms with van der Waals surface area (Å²) in [5, 5.41) is 11.0. The maximum Gasteiger partial charge on any atom is 0.107 e. The molecule has 1 aromatic heterocycles. The molecule has 0 aliphatic carbocycles. The summed E-state index contributed by atoms with van der Waals surface area (Å²) in [6, 6.07) is 5.99. The third kappa shape index (κ3) is 3.45. The third-order valence-corrected chi connectivity index (χ3v) is 3.60. The van der Waals surface area contributed by atoms with Gasteiger partial charge in [-0.05, 0) is 18.4 Å². The van der Waals surface area contributed by atoms with Crippen molar-refractivity contribution in [1.29, 1.82) is 0 Å². The zero-order valence-corrected chi connectivity index (χ0v) is 12.2. The van der Waals surface area contributed by atoms with Crippen molar-refractivity contribution in [3.05, 3.63) is 36.2 Å². The summed E-state index contributed by atoms with van der Waals surface area (Å²) in [4.78, 5) is 1.49. The number of thioether (sulfide) groups is 1. The van der Waals surface area contributed by atoms with Gasteiger partial charge >= 0.3 is 0 Å². The SMILES string of the molecule is CSc1cccc(NCCn2ccnn2)c1C(N)=S. The first-order chi connectivity index (χ1) is 9.22. The highest BCUT2D eigenvalue weighted by Crippen LogP contribution is 2.26. The fourth-order valence-corrected chi connectivity index (χ4v) is 2.68. The molecule has 19 heavy (non-hydrogen) atoms. The molecule has 0 amide bonds. The van der Waals surface area contributed by atoms with Gasteiger partial charge in [-0.25, -0.2) is 0 Å². The van der Waals surface area contributed by atoms with Gasteiger partial charge < -0.3 is 11.1 Å². The Hall–Kier alpha value is -1.60. The van der Waals surface area contributed by atoms with Gasteiger partial charge in [0.15, 0.2) is 0 Å². The number of nitrogens with zero attached hydrogens (tertiary/aromatic N) is 3. The molecule has 0 fully saturated rings. The van der Waals surface area contributed by atoms with Crippen molar-refractivity contribution in [2.24, 2.45) is 5.73 Å². The van der Waals surface area contributed by atoms with Crippen LogP contribution in [0.3, 0.4) is 0 Å². The van der Waals surface area contributed by atoms with Crippen LogP contribution >= 0.6 is 24.0 Å². The van der Waals surface area contributed by atoms with Gasteiger partial charge in [-0.3, -0.25) is 4.68 Å². The van der Waals surface area contributed by atoms with Crippen molar-refractivity contribution >= 4 is 34.7 Å². The summed E-state index contributed by atoms with van der Waals surface area (Å²) in [5.74, 6) is 0. The molecular formula is C12H15N5S2. The molecule has 0 radical (unpaired) electrons. The average Bonchev–Trinajstić information content (AvgIpc) is 2.91. The predicted molar refractivity (Wildman–Crippen MR) is 82.6 cm³/mol. The maximum absolute atomic E-state index is 5.81.